The minimum absolute atomic E-state index is 0.257. The van der Waals surface area contributed by atoms with Gasteiger partial charge in [-0.2, -0.15) is 10.5 Å². The van der Waals surface area contributed by atoms with E-state index >= 15 is 0 Å². The molecule has 374 valence electrons. The van der Waals surface area contributed by atoms with Gasteiger partial charge < -0.3 is 18.3 Å². The molecule has 0 saturated heterocycles. The maximum atomic E-state index is 12.7. The van der Waals surface area contributed by atoms with Crippen molar-refractivity contribution in [3.63, 3.8) is 0 Å². The first-order chi connectivity index (χ1) is 39.2. The molecular weight excluding hydrogens is 973 g/mol. The van der Waals surface area contributed by atoms with Crippen LogP contribution < -0.4 is 0 Å². The van der Waals surface area contributed by atoms with E-state index in [2.05, 4.69) is 276 Å². The summed E-state index contributed by atoms with van der Waals surface area (Å²) in [6, 6.07) is 84.5. The number of hydrogen-bond donors (Lipinski definition) is 0. The predicted molar refractivity (Wildman–Crippen MR) is 328 cm³/mol. The molecule has 0 N–H and O–H groups in total. The fraction of sp³-hybridized carbons (Fsp3) is 0.0811. The van der Waals surface area contributed by atoms with Crippen LogP contribution >= 0.6 is 0 Å². The molecule has 0 atom stereocenters. The maximum Gasteiger partial charge on any atom is 0.104 e. The van der Waals surface area contributed by atoms with E-state index < -0.39 is 0 Å². The second kappa shape index (κ2) is 15.6. The summed E-state index contributed by atoms with van der Waals surface area (Å²) in [5.74, 6) is 0. The number of nitriles is 2. The summed E-state index contributed by atoms with van der Waals surface area (Å²) >= 11 is 0. The smallest absolute Gasteiger partial charge is 0.104 e. The first kappa shape index (κ1) is 44.7. The van der Waals surface area contributed by atoms with Crippen LogP contribution in [0.25, 0.3) is 132 Å². The van der Waals surface area contributed by atoms with Crippen molar-refractivity contribution in [2.24, 2.45) is 0 Å². The zero-order chi connectivity index (χ0) is 53.5. The van der Waals surface area contributed by atoms with E-state index in [-0.39, 0.29) is 10.8 Å². The Balaban J connectivity index is 1.18. The highest BCUT2D eigenvalue weighted by atomic mass is 15.1. The van der Waals surface area contributed by atoms with Gasteiger partial charge >= 0.3 is 0 Å². The van der Waals surface area contributed by atoms with E-state index in [1.165, 1.54) is 44.5 Å². The van der Waals surface area contributed by atoms with Crippen molar-refractivity contribution in [2.75, 3.05) is 0 Å². The van der Waals surface area contributed by atoms with E-state index in [1.807, 2.05) is 0 Å². The van der Waals surface area contributed by atoms with Crippen LogP contribution in [0.3, 0.4) is 0 Å². The summed E-state index contributed by atoms with van der Waals surface area (Å²) in [7, 11) is 0. The highest BCUT2D eigenvalue weighted by molar-refractivity contribution is 6.17. The van der Waals surface area contributed by atoms with Crippen molar-refractivity contribution in [2.45, 2.75) is 38.5 Å². The third kappa shape index (κ3) is 5.49. The Kier molecular flexibility index (Phi) is 8.74. The molecule has 0 amide bonds. The molecule has 80 heavy (non-hydrogen) atoms. The highest BCUT2D eigenvalue weighted by Crippen LogP contribution is 2.55. The number of para-hydroxylation sites is 6. The van der Waals surface area contributed by atoms with E-state index in [9.17, 15) is 10.5 Å². The second-order valence-corrected chi connectivity index (χ2v) is 23.0. The van der Waals surface area contributed by atoms with Crippen LogP contribution in [-0.4, -0.2) is 18.3 Å². The Bertz CT molecular complexity index is 5070. The van der Waals surface area contributed by atoms with E-state index in [0.717, 1.165) is 92.9 Å². The van der Waals surface area contributed by atoms with E-state index in [1.54, 1.807) is 0 Å². The zero-order valence-corrected chi connectivity index (χ0v) is 44.5. The molecule has 15 aromatic rings. The molecule has 0 spiro atoms. The second-order valence-electron chi connectivity index (χ2n) is 23.0. The number of hydrogen-bond acceptors (Lipinski definition) is 2. The molecule has 0 bridgehead atoms. The molecular formula is C74H48N6. The van der Waals surface area contributed by atoms with Crippen LogP contribution in [0.15, 0.2) is 218 Å². The first-order valence-electron chi connectivity index (χ1n) is 27.6. The lowest BCUT2D eigenvalue weighted by molar-refractivity contribution is 0.661. The third-order valence-corrected chi connectivity index (χ3v) is 18.4. The Morgan fingerprint density at radius 1 is 0.263 bits per heavy atom. The summed E-state index contributed by atoms with van der Waals surface area (Å²) in [4.78, 5) is 0. The average molecular weight is 1020 g/mol. The predicted octanol–water partition coefficient (Wildman–Crippen LogP) is 18.4. The molecule has 0 unspecified atom stereocenters. The minimum atomic E-state index is -0.257. The Morgan fingerprint density at radius 2 is 0.537 bits per heavy atom. The third-order valence-electron chi connectivity index (χ3n) is 18.4. The first-order valence-corrected chi connectivity index (χ1v) is 27.6. The largest absolute Gasteiger partial charge is 0.306 e. The lowest BCUT2D eigenvalue weighted by atomic mass is 9.82. The molecule has 17 rings (SSSR count). The summed E-state index contributed by atoms with van der Waals surface area (Å²) in [5, 5.41) is 34.0. The molecule has 2 aliphatic carbocycles. The molecule has 6 nitrogen and oxygen atoms in total. The van der Waals surface area contributed by atoms with Gasteiger partial charge in [0.1, 0.15) is 23.3 Å². The minimum Gasteiger partial charge on any atom is -0.306 e. The summed E-state index contributed by atoms with van der Waals surface area (Å²) in [6.07, 6.45) is 0. The number of aromatic nitrogens is 4. The van der Waals surface area contributed by atoms with Gasteiger partial charge in [-0.1, -0.05) is 185 Å². The van der Waals surface area contributed by atoms with Crippen molar-refractivity contribution < 1.29 is 0 Å². The van der Waals surface area contributed by atoms with E-state index in [4.69, 9.17) is 0 Å². The summed E-state index contributed by atoms with van der Waals surface area (Å²) < 4.78 is 9.33. The summed E-state index contributed by atoms with van der Waals surface area (Å²) in [5.41, 5.74) is 20.4. The van der Waals surface area contributed by atoms with Crippen molar-refractivity contribution in [3.8, 4) is 57.1 Å². The molecule has 0 aliphatic heterocycles. The van der Waals surface area contributed by atoms with Crippen molar-refractivity contribution in [1.82, 2.24) is 18.3 Å². The fourth-order valence-corrected chi connectivity index (χ4v) is 14.9. The van der Waals surface area contributed by atoms with Gasteiger partial charge in [0.05, 0.1) is 66.9 Å². The Morgan fingerprint density at radius 3 is 0.875 bits per heavy atom. The SMILES string of the molecule is CC1(C)c2ccccc2-c2cc3c(cc21)c1ccccc1n3-c1c(C#N)c(-n2c3ccccc3c3ccccc32)c(C#N)c(-n2c3ccccc3c3cc4c(cc32)-c2ccccc2C4(C)C)c1-n1c2ccccc2c2ccccc21. The molecule has 0 saturated carbocycles. The van der Waals surface area contributed by atoms with Crippen LogP contribution in [0.4, 0.5) is 0 Å². The van der Waals surface area contributed by atoms with Crippen LogP contribution in [0.5, 0.6) is 0 Å². The lowest BCUT2D eigenvalue weighted by Crippen LogP contribution is -2.17. The topological polar surface area (TPSA) is 67.3 Å². The molecule has 4 aromatic heterocycles. The van der Waals surface area contributed by atoms with Gasteiger partial charge in [0.25, 0.3) is 0 Å². The molecule has 2 aliphatic rings. The standard InChI is InChI=1S/C74H48N6/c1-73(2)57-29-13-5-21-43(57)51-39-67-53(37-59(51)73)49-27-11-19-35-65(49)79(67)70-55(41-75)69(77-61-31-15-7-23-45(61)46-24-8-16-32-62(46)77)56(42-76)71(72(70)78-63-33-17-9-25-47(63)48-26-10-18-34-64(48)78)80-66-36-20-12-28-50(66)54-38-60-52(40-68(54)80)44-22-6-14-30-58(44)74(60,3)4/h5-40H,1-4H3. The van der Waals surface area contributed by atoms with Gasteiger partial charge in [-0.25, -0.2) is 0 Å². The van der Waals surface area contributed by atoms with Crippen LogP contribution in [0, 0.1) is 22.7 Å². The highest BCUT2D eigenvalue weighted by Gasteiger charge is 2.40. The van der Waals surface area contributed by atoms with Crippen LogP contribution in [-0.2, 0) is 10.8 Å². The molecule has 0 fully saturated rings. The lowest BCUT2D eigenvalue weighted by Gasteiger charge is -2.27. The van der Waals surface area contributed by atoms with Crippen molar-refractivity contribution in [1.29, 1.82) is 10.5 Å². The average Bonchev–Trinajstić information content (AvgIpc) is 4.32. The Hall–Kier alpha value is -10.4. The molecule has 0 radical (unpaired) electrons. The van der Waals surface area contributed by atoms with Gasteiger partial charge in [0, 0.05) is 53.9 Å². The van der Waals surface area contributed by atoms with Gasteiger partial charge in [-0.05, 0) is 105 Å². The van der Waals surface area contributed by atoms with E-state index in [0.29, 0.717) is 28.2 Å². The number of fused-ring (bicyclic) bond motifs is 18. The van der Waals surface area contributed by atoms with Gasteiger partial charge in [-0.3, -0.25) is 0 Å². The van der Waals surface area contributed by atoms with Gasteiger partial charge in [0.2, 0.25) is 0 Å². The molecule has 11 aromatic carbocycles. The van der Waals surface area contributed by atoms with Crippen LogP contribution in [0.1, 0.15) is 61.1 Å². The monoisotopic (exact) mass is 1020 g/mol. The number of nitrogens with zero attached hydrogens (tertiary/aromatic N) is 6. The quantitative estimate of drug-likeness (QED) is 0.176. The molecule has 4 heterocycles. The Labute approximate surface area is 461 Å². The fourth-order valence-electron chi connectivity index (χ4n) is 14.9. The number of benzene rings is 11. The van der Waals surface area contributed by atoms with Crippen molar-refractivity contribution >= 4 is 87.2 Å². The zero-order valence-electron chi connectivity index (χ0n) is 44.5. The van der Waals surface area contributed by atoms with Crippen molar-refractivity contribution in [3.05, 3.63) is 252 Å². The number of rotatable bonds is 4. The maximum absolute atomic E-state index is 12.7. The summed E-state index contributed by atoms with van der Waals surface area (Å²) in [6.45, 7) is 9.34. The van der Waals surface area contributed by atoms with Crippen LogP contribution in [0.2, 0.25) is 0 Å². The normalized spacial score (nSPS) is 13.9. The molecule has 6 heteroatoms. The van der Waals surface area contributed by atoms with Gasteiger partial charge in [-0.15, -0.1) is 0 Å². The van der Waals surface area contributed by atoms with Gasteiger partial charge in [0.15, 0.2) is 0 Å².